The van der Waals surface area contributed by atoms with Gasteiger partial charge in [-0.05, 0) is 49.6 Å². The number of carbonyl (C=O) groups excluding carboxylic acids is 1. The van der Waals surface area contributed by atoms with Crippen molar-refractivity contribution in [3.05, 3.63) is 89.9 Å². The molecule has 2 aromatic carbocycles. The fourth-order valence-corrected chi connectivity index (χ4v) is 3.91. The predicted molar refractivity (Wildman–Crippen MR) is 122 cm³/mol. The van der Waals surface area contributed by atoms with Gasteiger partial charge in [-0.2, -0.15) is 5.10 Å². The molecule has 0 aliphatic heterocycles. The summed E-state index contributed by atoms with van der Waals surface area (Å²) in [5.41, 5.74) is 3.79. The highest BCUT2D eigenvalue weighted by atomic mass is 16.5. The molecule has 2 aromatic heterocycles. The van der Waals surface area contributed by atoms with E-state index in [2.05, 4.69) is 0 Å². The van der Waals surface area contributed by atoms with Crippen LogP contribution in [0.2, 0.25) is 0 Å². The molecule has 1 aliphatic rings. The molecule has 0 radical (unpaired) electrons. The Labute approximate surface area is 187 Å². The van der Waals surface area contributed by atoms with Crippen LogP contribution in [-0.2, 0) is 13.6 Å². The molecule has 1 aliphatic carbocycles. The summed E-state index contributed by atoms with van der Waals surface area (Å²) in [6, 6.07) is 21.6. The van der Waals surface area contributed by atoms with Crippen molar-refractivity contribution < 1.29 is 13.9 Å². The second-order valence-electron chi connectivity index (χ2n) is 8.18. The van der Waals surface area contributed by atoms with E-state index in [4.69, 9.17) is 14.3 Å². The number of hydrogen-bond donors (Lipinski definition) is 0. The number of aryl methyl sites for hydroxylation is 2. The third kappa shape index (κ3) is 4.04. The van der Waals surface area contributed by atoms with Crippen molar-refractivity contribution in [2.24, 2.45) is 7.05 Å². The van der Waals surface area contributed by atoms with Crippen LogP contribution in [0, 0.1) is 6.92 Å². The van der Waals surface area contributed by atoms with Gasteiger partial charge in [0, 0.05) is 18.7 Å². The molecule has 2 heterocycles. The van der Waals surface area contributed by atoms with E-state index < -0.39 is 0 Å². The van der Waals surface area contributed by atoms with Crippen molar-refractivity contribution >= 4 is 5.91 Å². The Morgan fingerprint density at radius 3 is 2.62 bits per heavy atom. The molecule has 32 heavy (non-hydrogen) atoms. The van der Waals surface area contributed by atoms with Crippen LogP contribution in [0.25, 0.3) is 11.3 Å². The quantitative estimate of drug-likeness (QED) is 0.386. The van der Waals surface area contributed by atoms with Gasteiger partial charge in [0.1, 0.15) is 11.4 Å². The van der Waals surface area contributed by atoms with E-state index >= 15 is 0 Å². The van der Waals surface area contributed by atoms with Gasteiger partial charge in [-0.3, -0.25) is 4.79 Å². The molecule has 162 valence electrons. The minimum Gasteiger partial charge on any atom is -0.459 e. The van der Waals surface area contributed by atoms with Crippen molar-refractivity contribution in [2.45, 2.75) is 32.4 Å². The normalized spacial score (nSPS) is 13.2. The molecule has 5 rings (SSSR count). The zero-order chi connectivity index (χ0) is 22.1. The van der Waals surface area contributed by atoms with Gasteiger partial charge < -0.3 is 14.1 Å². The van der Waals surface area contributed by atoms with Crippen LogP contribution in [0.4, 0.5) is 0 Å². The Balaban J connectivity index is 1.57. The second-order valence-corrected chi connectivity index (χ2v) is 8.18. The molecule has 0 N–H and O–H groups in total. The minimum atomic E-state index is -0.109. The second kappa shape index (κ2) is 8.38. The maximum Gasteiger partial charge on any atom is 0.290 e. The van der Waals surface area contributed by atoms with Crippen LogP contribution in [0.1, 0.15) is 34.5 Å². The van der Waals surface area contributed by atoms with Crippen LogP contribution >= 0.6 is 0 Å². The van der Waals surface area contributed by atoms with E-state index in [9.17, 15) is 4.79 Å². The fourth-order valence-electron chi connectivity index (χ4n) is 3.91. The lowest BCUT2D eigenvalue weighted by Crippen LogP contribution is -2.32. The Hall–Kier alpha value is -3.80. The van der Waals surface area contributed by atoms with Gasteiger partial charge in [-0.1, -0.05) is 42.5 Å². The first-order chi connectivity index (χ1) is 15.6. The Morgan fingerprint density at radius 1 is 1.12 bits per heavy atom. The fraction of sp³-hybridized carbons (Fsp3) is 0.231. The minimum absolute atomic E-state index is 0.109. The largest absolute Gasteiger partial charge is 0.459 e. The topological polar surface area (TPSA) is 60.5 Å². The number of aromatic nitrogens is 2. The third-order valence-electron chi connectivity index (χ3n) is 5.65. The van der Waals surface area contributed by atoms with Gasteiger partial charge in [0.25, 0.3) is 5.91 Å². The van der Waals surface area contributed by atoms with E-state index in [-0.39, 0.29) is 11.9 Å². The number of furan rings is 1. The van der Waals surface area contributed by atoms with Crippen molar-refractivity contribution in [3.63, 3.8) is 0 Å². The molecule has 1 saturated carbocycles. The van der Waals surface area contributed by atoms with Crippen LogP contribution in [-0.4, -0.2) is 26.6 Å². The standard InChI is InChI=1S/C26H25N3O3/c1-18-8-6-11-21(16-18)32-26-22(24(27-28(26)2)19-9-4-3-5-10-19)17-29(20-13-14-20)25(30)23-12-7-15-31-23/h3-12,15-16,20H,13-14,17H2,1-2H3. The average molecular weight is 428 g/mol. The summed E-state index contributed by atoms with van der Waals surface area (Å²) in [6.07, 6.45) is 3.51. The summed E-state index contributed by atoms with van der Waals surface area (Å²) in [5, 5.41) is 4.78. The highest BCUT2D eigenvalue weighted by Crippen LogP contribution is 2.37. The Morgan fingerprint density at radius 2 is 1.94 bits per heavy atom. The molecule has 1 fully saturated rings. The SMILES string of the molecule is Cc1cccc(Oc2c(CN(C(=O)c3ccco3)C3CC3)c(-c3ccccc3)nn2C)c1. The summed E-state index contributed by atoms with van der Waals surface area (Å²) in [4.78, 5) is 15.1. The van der Waals surface area contributed by atoms with Gasteiger partial charge in [0.05, 0.1) is 18.4 Å². The van der Waals surface area contributed by atoms with Crippen molar-refractivity contribution in [1.82, 2.24) is 14.7 Å². The number of hydrogen-bond acceptors (Lipinski definition) is 4. The van der Waals surface area contributed by atoms with E-state index in [0.717, 1.165) is 41.0 Å². The van der Waals surface area contributed by atoms with Crippen molar-refractivity contribution in [2.75, 3.05) is 0 Å². The molecule has 0 atom stereocenters. The Kier molecular flexibility index (Phi) is 5.27. The van der Waals surface area contributed by atoms with E-state index in [1.807, 2.05) is 73.5 Å². The molecule has 4 aromatic rings. The summed E-state index contributed by atoms with van der Waals surface area (Å²) in [7, 11) is 1.87. The molecule has 0 bridgehead atoms. The summed E-state index contributed by atoms with van der Waals surface area (Å²) < 4.78 is 13.5. The van der Waals surface area contributed by atoms with Gasteiger partial charge in [0.2, 0.25) is 5.88 Å². The average Bonchev–Trinajstić information content (AvgIpc) is 3.39. The number of amides is 1. The van der Waals surface area contributed by atoms with Crippen LogP contribution < -0.4 is 4.74 Å². The molecule has 6 heteroatoms. The lowest BCUT2D eigenvalue weighted by atomic mass is 10.1. The van der Waals surface area contributed by atoms with Gasteiger partial charge in [-0.15, -0.1) is 0 Å². The van der Waals surface area contributed by atoms with E-state index in [1.165, 1.54) is 6.26 Å². The summed E-state index contributed by atoms with van der Waals surface area (Å²) in [6.45, 7) is 2.42. The summed E-state index contributed by atoms with van der Waals surface area (Å²) in [5.74, 6) is 1.61. The van der Waals surface area contributed by atoms with Crippen molar-refractivity contribution in [3.8, 4) is 22.9 Å². The summed E-state index contributed by atoms with van der Waals surface area (Å²) >= 11 is 0. The number of carbonyl (C=O) groups is 1. The Bertz CT molecular complexity index is 1220. The van der Waals surface area contributed by atoms with Crippen LogP contribution in [0.3, 0.4) is 0 Å². The first-order valence-corrected chi connectivity index (χ1v) is 10.8. The van der Waals surface area contributed by atoms with Crippen LogP contribution in [0.15, 0.2) is 77.4 Å². The van der Waals surface area contributed by atoms with Gasteiger partial charge in [-0.25, -0.2) is 4.68 Å². The maximum absolute atomic E-state index is 13.2. The predicted octanol–water partition coefficient (Wildman–Crippen LogP) is 5.59. The zero-order valence-corrected chi connectivity index (χ0v) is 18.2. The number of ether oxygens (including phenoxy) is 1. The molecule has 0 unspecified atom stereocenters. The maximum atomic E-state index is 13.2. The molecule has 6 nitrogen and oxygen atoms in total. The molecular formula is C26H25N3O3. The smallest absolute Gasteiger partial charge is 0.290 e. The highest BCUT2D eigenvalue weighted by molar-refractivity contribution is 5.92. The lowest BCUT2D eigenvalue weighted by Gasteiger charge is -2.22. The monoisotopic (exact) mass is 427 g/mol. The lowest BCUT2D eigenvalue weighted by molar-refractivity contribution is 0.0696. The molecule has 0 spiro atoms. The van der Waals surface area contributed by atoms with Gasteiger partial charge in [0.15, 0.2) is 5.76 Å². The third-order valence-corrected chi connectivity index (χ3v) is 5.65. The van der Waals surface area contributed by atoms with Crippen molar-refractivity contribution in [1.29, 1.82) is 0 Å². The van der Waals surface area contributed by atoms with E-state index in [1.54, 1.807) is 16.8 Å². The zero-order valence-electron chi connectivity index (χ0n) is 18.2. The number of benzene rings is 2. The first-order valence-electron chi connectivity index (χ1n) is 10.8. The van der Waals surface area contributed by atoms with Gasteiger partial charge >= 0.3 is 0 Å². The molecular weight excluding hydrogens is 402 g/mol. The van der Waals surface area contributed by atoms with E-state index in [0.29, 0.717) is 18.2 Å². The first kappa shape index (κ1) is 20.1. The molecule has 1 amide bonds. The number of nitrogens with zero attached hydrogens (tertiary/aromatic N) is 3. The number of rotatable bonds is 7. The molecule has 0 saturated heterocycles. The van der Waals surface area contributed by atoms with Crippen LogP contribution in [0.5, 0.6) is 11.6 Å². The highest BCUT2D eigenvalue weighted by Gasteiger charge is 2.36.